The van der Waals surface area contributed by atoms with E-state index >= 15 is 0 Å². The van der Waals surface area contributed by atoms with Crippen molar-refractivity contribution in [3.8, 4) is 0 Å². The Kier molecular flexibility index (Phi) is 6.33. The minimum Gasteiger partial charge on any atom is -0.175 e. The van der Waals surface area contributed by atoms with Crippen molar-refractivity contribution in [3.63, 3.8) is 0 Å². The van der Waals surface area contributed by atoms with E-state index in [1.807, 2.05) is 0 Å². The Bertz CT molecular complexity index is 1100. The Morgan fingerprint density at radius 1 is 0.517 bits per heavy atom. The summed E-state index contributed by atoms with van der Waals surface area (Å²) in [6, 6.07) is 38.5. The third-order valence-electron chi connectivity index (χ3n) is 4.93. The van der Waals surface area contributed by atoms with Crippen LogP contribution in [0.25, 0.3) is 11.1 Å². The van der Waals surface area contributed by atoms with Crippen LogP contribution < -0.4 is 0 Å². The van der Waals surface area contributed by atoms with E-state index in [0.717, 1.165) is 10.2 Å². The molecule has 0 bridgehead atoms. The molecule has 4 aromatic carbocycles. The van der Waals surface area contributed by atoms with Crippen molar-refractivity contribution in [2.45, 2.75) is 5.75 Å². The van der Waals surface area contributed by atoms with Crippen LogP contribution in [-0.4, -0.2) is 0 Å². The first-order valence-corrected chi connectivity index (χ1v) is 11.0. The van der Waals surface area contributed by atoms with E-state index in [1.165, 1.54) is 39.0 Å². The summed E-state index contributed by atoms with van der Waals surface area (Å²) in [6.07, 6.45) is 0. The largest absolute Gasteiger partial charge is 0.175 e. The third kappa shape index (κ3) is 4.55. The molecule has 2 heteroatoms. The highest BCUT2D eigenvalue weighted by atomic mass is 79.9. The topological polar surface area (TPSA) is 0 Å². The standard InChI is InChI=1S/C27H21BrS/c28-25-17-15-24(16-18-25)27(22-9-5-2-6-10-22)26(21-7-3-1-4-8-21)23-13-11-20(19-29)12-14-23/h1-18,29H,19H2. The summed E-state index contributed by atoms with van der Waals surface area (Å²) >= 11 is 7.98. The van der Waals surface area contributed by atoms with E-state index in [0.29, 0.717) is 0 Å². The second kappa shape index (κ2) is 9.30. The number of rotatable bonds is 5. The molecule has 0 N–H and O–H groups in total. The zero-order valence-corrected chi connectivity index (χ0v) is 18.4. The normalized spacial score (nSPS) is 11.8. The quantitative estimate of drug-likeness (QED) is 0.229. The number of hydrogen-bond donors (Lipinski definition) is 1. The molecule has 0 aromatic heterocycles. The Hall–Kier alpha value is -2.55. The molecule has 0 amide bonds. The Labute approximate surface area is 186 Å². The monoisotopic (exact) mass is 456 g/mol. The van der Waals surface area contributed by atoms with E-state index in [4.69, 9.17) is 0 Å². The van der Waals surface area contributed by atoms with Gasteiger partial charge in [-0.25, -0.2) is 0 Å². The van der Waals surface area contributed by atoms with Crippen molar-refractivity contribution in [1.82, 2.24) is 0 Å². The molecule has 0 aliphatic heterocycles. The van der Waals surface area contributed by atoms with Crippen molar-refractivity contribution in [2.75, 3.05) is 0 Å². The summed E-state index contributed by atoms with van der Waals surface area (Å²) in [5.74, 6) is 0.739. The van der Waals surface area contributed by atoms with Crippen molar-refractivity contribution < 1.29 is 0 Å². The van der Waals surface area contributed by atoms with Crippen LogP contribution in [0, 0.1) is 0 Å². The van der Waals surface area contributed by atoms with E-state index in [1.54, 1.807) is 0 Å². The molecule has 0 spiro atoms. The molecule has 0 heterocycles. The second-order valence-corrected chi connectivity index (χ2v) is 8.08. The van der Waals surface area contributed by atoms with Crippen LogP contribution in [-0.2, 0) is 5.75 Å². The zero-order chi connectivity index (χ0) is 20.1. The van der Waals surface area contributed by atoms with Gasteiger partial charge in [-0.1, -0.05) is 113 Å². The van der Waals surface area contributed by atoms with E-state index in [9.17, 15) is 0 Å². The molecular weight excluding hydrogens is 436 g/mol. The van der Waals surface area contributed by atoms with Crippen LogP contribution in [0.1, 0.15) is 27.8 Å². The first-order chi connectivity index (χ1) is 14.3. The van der Waals surface area contributed by atoms with Gasteiger partial charge in [-0.15, -0.1) is 0 Å². The van der Waals surface area contributed by atoms with Gasteiger partial charge in [0.25, 0.3) is 0 Å². The maximum absolute atomic E-state index is 4.41. The van der Waals surface area contributed by atoms with Gasteiger partial charge in [0.2, 0.25) is 0 Å². The minimum atomic E-state index is 0.739. The molecule has 0 saturated heterocycles. The van der Waals surface area contributed by atoms with Crippen molar-refractivity contribution in [1.29, 1.82) is 0 Å². The molecule has 142 valence electrons. The summed E-state index contributed by atoms with van der Waals surface area (Å²) in [6.45, 7) is 0. The van der Waals surface area contributed by atoms with Gasteiger partial charge in [-0.05, 0) is 51.1 Å². The van der Waals surface area contributed by atoms with Gasteiger partial charge in [0.05, 0.1) is 0 Å². The SMILES string of the molecule is SCc1ccc(C(=C(c2ccccc2)c2ccc(Br)cc2)c2ccccc2)cc1. The van der Waals surface area contributed by atoms with Crippen molar-refractivity contribution >= 4 is 39.7 Å². The fraction of sp³-hybridized carbons (Fsp3) is 0.0370. The number of benzene rings is 4. The van der Waals surface area contributed by atoms with Crippen LogP contribution in [0.15, 0.2) is 114 Å². The predicted molar refractivity (Wildman–Crippen MR) is 131 cm³/mol. The number of thiol groups is 1. The molecule has 4 rings (SSSR count). The fourth-order valence-electron chi connectivity index (χ4n) is 3.51. The highest BCUT2D eigenvalue weighted by molar-refractivity contribution is 9.10. The summed E-state index contributed by atoms with van der Waals surface area (Å²) in [5, 5.41) is 0. The van der Waals surface area contributed by atoms with Crippen molar-refractivity contribution in [3.05, 3.63) is 141 Å². The molecule has 0 fully saturated rings. The minimum absolute atomic E-state index is 0.739. The van der Waals surface area contributed by atoms with Crippen molar-refractivity contribution in [2.24, 2.45) is 0 Å². The molecular formula is C27H21BrS. The van der Waals surface area contributed by atoms with E-state index < -0.39 is 0 Å². The van der Waals surface area contributed by atoms with Crippen LogP contribution in [0.5, 0.6) is 0 Å². The van der Waals surface area contributed by atoms with Crippen LogP contribution >= 0.6 is 28.6 Å². The number of halogens is 1. The lowest BCUT2D eigenvalue weighted by Crippen LogP contribution is -1.97. The summed E-state index contributed by atoms with van der Waals surface area (Å²) in [7, 11) is 0. The highest BCUT2D eigenvalue weighted by Crippen LogP contribution is 2.37. The average molecular weight is 457 g/mol. The van der Waals surface area contributed by atoms with Gasteiger partial charge in [-0.3, -0.25) is 0 Å². The second-order valence-electron chi connectivity index (χ2n) is 6.84. The first kappa shape index (κ1) is 19.8. The lowest BCUT2D eigenvalue weighted by molar-refractivity contribution is 1.41. The maximum Gasteiger partial charge on any atom is 0.0175 e. The molecule has 29 heavy (non-hydrogen) atoms. The molecule has 0 aliphatic carbocycles. The molecule has 0 saturated carbocycles. The van der Waals surface area contributed by atoms with E-state index in [2.05, 4.69) is 138 Å². The Morgan fingerprint density at radius 2 is 0.897 bits per heavy atom. The molecule has 0 atom stereocenters. The van der Waals surface area contributed by atoms with Crippen LogP contribution in [0.4, 0.5) is 0 Å². The average Bonchev–Trinajstić information content (AvgIpc) is 2.79. The lowest BCUT2D eigenvalue weighted by Gasteiger charge is -2.18. The first-order valence-electron chi connectivity index (χ1n) is 9.57. The highest BCUT2D eigenvalue weighted by Gasteiger charge is 2.16. The third-order valence-corrected chi connectivity index (χ3v) is 5.83. The Balaban J connectivity index is 2.05. The molecule has 4 aromatic rings. The van der Waals surface area contributed by atoms with Gasteiger partial charge < -0.3 is 0 Å². The molecule has 0 aliphatic rings. The van der Waals surface area contributed by atoms with Gasteiger partial charge in [0.1, 0.15) is 0 Å². The van der Waals surface area contributed by atoms with Gasteiger partial charge in [0, 0.05) is 10.2 Å². The molecule has 0 nitrogen and oxygen atoms in total. The fourth-order valence-corrected chi connectivity index (χ4v) is 3.99. The summed E-state index contributed by atoms with van der Waals surface area (Å²) in [4.78, 5) is 0. The smallest absolute Gasteiger partial charge is 0.0175 e. The maximum atomic E-state index is 4.41. The zero-order valence-electron chi connectivity index (χ0n) is 15.9. The predicted octanol–water partition coefficient (Wildman–Crippen LogP) is 7.89. The molecule has 0 unspecified atom stereocenters. The molecule has 0 radical (unpaired) electrons. The van der Waals surface area contributed by atoms with E-state index in [-0.39, 0.29) is 0 Å². The lowest BCUT2D eigenvalue weighted by atomic mass is 9.85. The number of hydrogen-bond acceptors (Lipinski definition) is 1. The summed E-state index contributed by atoms with van der Waals surface area (Å²) < 4.78 is 1.08. The van der Waals surface area contributed by atoms with Gasteiger partial charge in [0.15, 0.2) is 0 Å². The van der Waals surface area contributed by atoms with Gasteiger partial charge >= 0.3 is 0 Å². The summed E-state index contributed by atoms with van der Waals surface area (Å²) in [5.41, 5.74) is 8.46. The van der Waals surface area contributed by atoms with Crippen LogP contribution in [0.2, 0.25) is 0 Å². The Morgan fingerprint density at radius 3 is 1.31 bits per heavy atom. The van der Waals surface area contributed by atoms with Crippen LogP contribution in [0.3, 0.4) is 0 Å². The van der Waals surface area contributed by atoms with Gasteiger partial charge in [-0.2, -0.15) is 12.6 Å².